The van der Waals surface area contributed by atoms with Crippen LogP contribution in [0.2, 0.25) is 0 Å². The number of hydrogen-bond donors (Lipinski definition) is 1. The van der Waals surface area contributed by atoms with E-state index in [4.69, 9.17) is 0 Å². The molecule has 0 unspecified atom stereocenters. The van der Waals surface area contributed by atoms with Gasteiger partial charge in [0.2, 0.25) is 0 Å². The quantitative estimate of drug-likeness (QED) is 0.589. The highest BCUT2D eigenvalue weighted by molar-refractivity contribution is 5.89. The number of piperazine rings is 1. The largest absolute Gasteiger partial charge is 0.352 e. The van der Waals surface area contributed by atoms with Gasteiger partial charge in [0, 0.05) is 37.4 Å². The van der Waals surface area contributed by atoms with Crippen molar-refractivity contribution >= 4 is 17.5 Å². The maximum Gasteiger partial charge on any atom is 0.321 e. The fraction of sp³-hybridized carbons (Fsp3) is 0.346. The standard InChI is InChI=1S/C26H31N5O/c1-3-4-8-21-10-12-22(13-11-21)27-26(32)31-18-16-30(17-19-31)25-15-14-24(28-29-25)23-9-6-5-7-20(23)2/h5-7,9-15H,3-4,8,16-19H2,1-2H3,(H,27,32). The number of aromatic nitrogens is 2. The molecule has 32 heavy (non-hydrogen) atoms. The molecule has 4 rings (SSSR count). The number of hydrogen-bond acceptors (Lipinski definition) is 4. The number of unbranched alkanes of at least 4 members (excludes halogenated alkanes) is 1. The molecule has 0 bridgehead atoms. The molecule has 2 aromatic carbocycles. The highest BCUT2D eigenvalue weighted by atomic mass is 16.2. The van der Waals surface area contributed by atoms with Crippen LogP contribution < -0.4 is 10.2 Å². The Balaban J connectivity index is 1.30. The first-order valence-electron chi connectivity index (χ1n) is 11.4. The van der Waals surface area contributed by atoms with Crippen molar-refractivity contribution in [2.45, 2.75) is 33.1 Å². The normalized spacial score (nSPS) is 13.8. The number of carbonyl (C=O) groups is 1. The number of aryl methyl sites for hydroxylation is 2. The summed E-state index contributed by atoms with van der Waals surface area (Å²) in [7, 11) is 0. The second kappa shape index (κ2) is 10.3. The SMILES string of the molecule is CCCCc1ccc(NC(=O)N2CCN(c3ccc(-c4ccccc4C)nn3)CC2)cc1. The Bertz CT molecular complexity index is 1020. The molecular weight excluding hydrogens is 398 g/mol. The molecule has 0 saturated carbocycles. The van der Waals surface area contributed by atoms with Crippen LogP contribution in [0.5, 0.6) is 0 Å². The molecule has 1 fully saturated rings. The van der Waals surface area contributed by atoms with Crippen molar-refractivity contribution in [2.24, 2.45) is 0 Å². The third-order valence-electron chi connectivity index (χ3n) is 5.99. The van der Waals surface area contributed by atoms with Crippen molar-refractivity contribution in [3.63, 3.8) is 0 Å². The van der Waals surface area contributed by atoms with Crippen molar-refractivity contribution in [3.05, 3.63) is 71.8 Å². The monoisotopic (exact) mass is 429 g/mol. The number of benzene rings is 2. The molecule has 6 nitrogen and oxygen atoms in total. The van der Waals surface area contributed by atoms with Crippen molar-refractivity contribution in [1.82, 2.24) is 15.1 Å². The van der Waals surface area contributed by atoms with Gasteiger partial charge in [-0.15, -0.1) is 10.2 Å². The summed E-state index contributed by atoms with van der Waals surface area (Å²) < 4.78 is 0. The van der Waals surface area contributed by atoms with Crippen LogP contribution >= 0.6 is 0 Å². The van der Waals surface area contributed by atoms with Gasteiger partial charge in [-0.2, -0.15) is 0 Å². The molecule has 0 atom stereocenters. The summed E-state index contributed by atoms with van der Waals surface area (Å²) in [5.41, 5.74) is 5.32. The predicted molar refractivity (Wildman–Crippen MR) is 130 cm³/mol. The minimum absolute atomic E-state index is 0.0491. The van der Waals surface area contributed by atoms with E-state index in [9.17, 15) is 4.79 Å². The second-order valence-electron chi connectivity index (χ2n) is 8.30. The third kappa shape index (κ3) is 5.25. The molecule has 1 N–H and O–H groups in total. The number of nitrogens with zero attached hydrogens (tertiary/aromatic N) is 4. The first kappa shape index (κ1) is 21.8. The molecule has 2 heterocycles. The van der Waals surface area contributed by atoms with Gasteiger partial charge in [0.05, 0.1) is 5.69 Å². The summed E-state index contributed by atoms with van der Waals surface area (Å²) in [6.45, 7) is 7.06. The van der Waals surface area contributed by atoms with Gasteiger partial charge >= 0.3 is 6.03 Å². The van der Waals surface area contributed by atoms with Crippen molar-refractivity contribution in [3.8, 4) is 11.3 Å². The van der Waals surface area contributed by atoms with E-state index in [2.05, 4.69) is 58.5 Å². The van der Waals surface area contributed by atoms with E-state index >= 15 is 0 Å². The Hall–Kier alpha value is -3.41. The fourth-order valence-corrected chi connectivity index (χ4v) is 3.97. The van der Waals surface area contributed by atoms with Gasteiger partial charge in [0.1, 0.15) is 0 Å². The smallest absolute Gasteiger partial charge is 0.321 e. The molecule has 0 radical (unpaired) electrons. The Morgan fingerprint density at radius 3 is 2.34 bits per heavy atom. The first-order valence-corrected chi connectivity index (χ1v) is 11.4. The number of urea groups is 1. The number of nitrogens with one attached hydrogen (secondary N) is 1. The Labute approximate surface area is 190 Å². The number of anilines is 2. The zero-order chi connectivity index (χ0) is 22.3. The van der Waals surface area contributed by atoms with E-state index in [-0.39, 0.29) is 6.03 Å². The summed E-state index contributed by atoms with van der Waals surface area (Å²) in [4.78, 5) is 16.7. The predicted octanol–water partition coefficient (Wildman–Crippen LogP) is 5.15. The van der Waals surface area contributed by atoms with Gasteiger partial charge in [-0.05, 0) is 55.2 Å². The molecule has 2 amide bonds. The second-order valence-corrected chi connectivity index (χ2v) is 8.30. The van der Waals surface area contributed by atoms with Gasteiger partial charge in [-0.25, -0.2) is 4.79 Å². The van der Waals surface area contributed by atoms with Crippen LogP contribution in [0.3, 0.4) is 0 Å². The van der Waals surface area contributed by atoms with Gasteiger partial charge in [-0.3, -0.25) is 0 Å². The summed E-state index contributed by atoms with van der Waals surface area (Å²) >= 11 is 0. The average Bonchev–Trinajstić information content (AvgIpc) is 2.84. The molecule has 0 spiro atoms. The summed E-state index contributed by atoms with van der Waals surface area (Å²) in [5, 5.41) is 11.9. The van der Waals surface area contributed by atoms with Crippen LogP contribution in [0, 0.1) is 6.92 Å². The van der Waals surface area contributed by atoms with E-state index in [1.807, 2.05) is 41.3 Å². The highest BCUT2D eigenvalue weighted by Crippen LogP contribution is 2.22. The molecule has 3 aromatic rings. The van der Waals surface area contributed by atoms with E-state index in [1.54, 1.807) is 0 Å². The van der Waals surface area contributed by atoms with E-state index in [0.29, 0.717) is 13.1 Å². The van der Waals surface area contributed by atoms with E-state index < -0.39 is 0 Å². The van der Waals surface area contributed by atoms with Gasteiger partial charge in [0.15, 0.2) is 5.82 Å². The van der Waals surface area contributed by atoms with Crippen molar-refractivity contribution in [2.75, 3.05) is 36.4 Å². The topological polar surface area (TPSA) is 61.4 Å². The summed E-state index contributed by atoms with van der Waals surface area (Å²) in [5.74, 6) is 0.852. The zero-order valence-electron chi connectivity index (χ0n) is 18.9. The van der Waals surface area contributed by atoms with Crippen LogP contribution in [0.1, 0.15) is 30.9 Å². The average molecular weight is 430 g/mol. The Morgan fingerprint density at radius 1 is 0.938 bits per heavy atom. The lowest BCUT2D eigenvalue weighted by Gasteiger charge is -2.35. The van der Waals surface area contributed by atoms with Gasteiger partial charge in [-0.1, -0.05) is 49.7 Å². The Morgan fingerprint density at radius 2 is 1.69 bits per heavy atom. The van der Waals surface area contributed by atoms with Crippen LogP contribution in [-0.4, -0.2) is 47.3 Å². The van der Waals surface area contributed by atoms with Gasteiger partial charge < -0.3 is 15.1 Å². The van der Waals surface area contributed by atoms with Crippen LogP contribution in [0.15, 0.2) is 60.7 Å². The molecule has 166 valence electrons. The number of rotatable bonds is 6. The number of carbonyl (C=O) groups excluding carboxylic acids is 1. The minimum Gasteiger partial charge on any atom is -0.352 e. The maximum absolute atomic E-state index is 12.7. The van der Waals surface area contributed by atoms with Crippen molar-refractivity contribution < 1.29 is 4.79 Å². The molecule has 0 aliphatic carbocycles. The molecule has 1 aliphatic heterocycles. The molecule has 1 aliphatic rings. The molecular formula is C26H31N5O. The summed E-state index contributed by atoms with van der Waals surface area (Å²) in [6, 6.07) is 20.4. The third-order valence-corrected chi connectivity index (χ3v) is 5.99. The first-order chi connectivity index (χ1) is 15.6. The number of amides is 2. The van der Waals surface area contributed by atoms with Gasteiger partial charge in [0.25, 0.3) is 0 Å². The zero-order valence-corrected chi connectivity index (χ0v) is 18.9. The fourth-order valence-electron chi connectivity index (χ4n) is 3.97. The van der Waals surface area contributed by atoms with Crippen LogP contribution in [0.25, 0.3) is 11.3 Å². The molecule has 1 saturated heterocycles. The Kier molecular flexibility index (Phi) is 7.00. The lowest BCUT2D eigenvalue weighted by Crippen LogP contribution is -2.50. The van der Waals surface area contributed by atoms with Crippen LogP contribution in [-0.2, 0) is 6.42 Å². The van der Waals surface area contributed by atoms with E-state index in [1.165, 1.54) is 24.0 Å². The van der Waals surface area contributed by atoms with Crippen LogP contribution in [0.4, 0.5) is 16.3 Å². The lowest BCUT2D eigenvalue weighted by atomic mass is 10.1. The highest BCUT2D eigenvalue weighted by Gasteiger charge is 2.22. The lowest BCUT2D eigenvalue weighted by molar-refractivity contribution is 0.208. The minimum atomic E-state index is -0.0491. The maximum atomic E-state index is 12.7. The summed E-state index contributed by atoms with van der Waals surface area (Å²) in [6.07, 6.45) is 3.46. The van der Waals surface area contributed by atoms with Crippen molar-refractivity contribution in [1.29, 1.82) is 0 Å². The molecule has 1 aromatic heterocycles. The van der Waals surface area contributed by atoms with E-state index in [0.717, 1.165) is 42.3 Å². The molecule has 6 heteroatoms.